The molecule has 0 aliphatic rings. The molecule has 0 saturated carbocycles. The summed E-state index contributed by atoms with van der Waals surface area (Å²) in [5, 5.41) is 0. The van der Waals surface area contributed by atoms with Gasteiger partial charge in [-0.25, -0.2) is 4.57 Å². The molecule has 0 aromatic heterocycles. The molecule has 43 heavy (non-hydrogen) atoms. The summed E-state index contributed by atoms with van der Waals surface area (Å²) in [4.78, 5) is 34.5. The van der Waals surface area contributed by atoms with Crippen LogP contribution in [0, 0.1) is 11.8 Å². The summed E-state index contributed by atoms with van der Waals surface area (Å²) in [7, 11) is -4.36. The molecule has 1 unspecified atom stereocenters. The molecule has 0 aromatic rings. The maximum Gasteiger partial charge on any atom is 0.472 e. The number of hydrogen-bond donors (Lipinski definition) is 2. The van der Waals surface area contributed by atoms with Crippen LogP contribution in [0.5, 0.6) is 0 Å². The summed E-state index contributed by atoms with van der Waals surface area (Å²) < 4.78 is 32.5. The van der Waals surface area contributed by atoms with E-state index in [0.717, 1.165) is 43.9 Å². The van der Waals surface area contributed by atoms with E-state index >= 15 is 0 Å². The van der Waals surface area contributed by atoms with E-state index in [1.807, 2.05) is 0 Å². The van der Waals surface area contributed by atoms with Crippen LogP contribution in [0.4, 0.5) is 0 Å². The smallest absolute Gasteiger partial charge is 0.462 e. The Kier molecular flexibility index (Phi) is 27.8. The summed E-state index contributed by atoms with van der Waals surface area (Å²) in [6.45, 7) is 8.28. The minimum Gasteiger partial charge on any atom is -0.462 e. The lowest BCUT2D eigenvalue weighted by molar-refractivity contribution is -0.161. The maximum absolute atomic E-state index is 12.5. The molecule has 0 amide bonds. The van der Waals surface area contributed by atoms with Crippen LogP contribution >= 0.6 is 7.82 Å². The molecule has 3 N–H and O–H groups in total. The predicted molar refractivity (Wildman–Crippen MR) is 174 cm³/mol. The lowest BCUT2D eigenvalue weighted by atomic mass is 10.0. The Balaban J connectivity index is 4.28. The number of carbonyl (C=O) groups is 2. The molecule has 0 aromatic carbocycles. The van der Waals surface area contributed by atoms with Crippen LogP contribution in [0.25, 0.3) is 0 Å². The predicted octanol–water partition coefficient (Wildman–Crippen LogP) is 8.65. The molecule has 0 spiro atoms. The molecule has 0 heterocycles. The highest BCUT2D eigenvalue weighted by molar-refractivity contribution is 7.47. The Bertz CT molecular complexity index is 719. The highest BCUT2D eigenvalue weighted by Gasteiger charge is 2.25. The zero-order chi connectivity index (χ0) is 32.2. The summed E-state index contributed by atoms with van der Waals surface area (Å²) >= 11 is 0. The normalized spacial score (nSPS) is 13.8. The van der Waals surface area contributed by atoms with Gasteiger partial charge in [0, 0.05) is 19.4 Å². The van der Waals surface area contributed by atoms with E-state index in [2.05, 4.69) is 27.7 Å². The SMILES string of the molecule is CC(C)CCCCCCCCCCCC(=O)O[C@H](COC(=O)CCCCCCCCCC(C)C)COP(=O)(O)OCCN. The first-order valence-corrected chi connectivity index (χ1v) is 18.7. The van der Waals surface area contributed by atoms with E-state index in [4.69, 9.17) is 24.3 Å². The second kappa shape index (κ2) is 28.5. The van der Waals surface area contributed by atoms with Gasteiger partial charge >= 0.3 is 19.8 Å². The molecule has 0 rings (SSSR count). The monoisotopic (exact) mass is 635 g/mol. The minimum absolute atomic E-state index is 0.0559. The van der Waals surface area contributed by atoms with Gasteiger partial charge in [0.05, 0.1) is 13.2 Å². The van der Waals surface area contributed by atoms with Crippen molar-refractivity contribution >= 4 is 19.8 Å². The molecular formula is C33H66NO8P. The van der Waals surface area contributed by atoms with Gasteiger partial charge in [0.1, 0.15) is 6.61 Å². The van der Waals surface area contributed by atoms with Crippen LogP contribution < -0.4 is 5.73 Å². The van der Waals surface area contributed by atoms with E-state index in [-0.39, 0.29) is 38.6 Å². The molecule has 0 radical (unpaired) electrons. The first-order valence-electron chi connectivity index (χ1n) is 17.2. The minimum atomic E-state index is -4.36. The Morgan fingerprint density at radius 1 is 0.628 bits per heavy atom. The summed E-state index contributed by atoms with van der Waals surface area (Å²) in [5.74, 6) is 0.718. The van der Waals surface area contributed by atoms with Crippen molar-refractivity contribution in [3.05, 3.63) is 0 Å². The van der Waals surface area contributed by atoms with Crippen molar-refractivity contribution in [2.45, 2.75) is 162 Å². The Morgan fingerprint density at radius 3 is 1.49 bits per heavy atom. The van der Waals surface area contributed by atoms with Crippen LogP contribution in [0.1, 0.15) is 156 Å². The number of phosphoric ester groups is 1. The van der Waals surface area contributed by atoms with Crippen molar-refractivity contribution in [1.82, 2.24) is 0 Å². The number of phosphoric acid groups is 1. The van der Waals surface area contributed by atoms with Crippen LogP contribution in [-0.2, 0) is 32.7 Å². The van der Waals surface area contributed by atoms with Crippen molar-refractivity contribution < 1.29 is 37.6 Å². The lowest BCUT2D eigenvalue weighted by Gasteiger charge is -2.19. The summed E-state index contributed by atoms with van der Waals surface area (Å²) in [5.41, 5.74) is 5.31. The van der Waals surface area contributed by atoms with Gasteiger partial charge in [-0.2, -0.15) is 0 Å². The van der Waals surface area contributed by atoms with Crippen LogP contribution in [0.3, 0.4) is 0 Å². The standard InChI is InChI=1S/C33H66NO8P/c1-29(2)21-17-13-9-6-5-7-11-16-20-24-33(36)42-31(28-41-43(37,38)40-26-25-34)27-39-32(35)23-19-15-12-8-10-14-18-22-30(3)4/h29-31H,5-28,34H2,1-4H3,(H,37,38)/t31-/m1/s1. The van der Waals surface area contributed by atoms with Crippen molar-refractivity contribution in [2.75, 3.05) is 26.4 Å². The topological polar surface area (TPSA) is 134 Å². The molecule has 0 aliphatic carbocycles. The number of esters is 2. The van der Waals surface area contributed by atoms with Crippen LogP contribution in [0.15, 0.2) is 0 Å². The van der Waals surface area contributed by atoms with Gasteiger partial charge in [-0.05, 0) is 24.7 Å². The summed E-state index contributed by atoms with van der Waals surface area (Å²) in [6, 6.07) is 0. The molecule has 0 saturated heterocycles. The van der Waals surface area contributed by atoms with Gasteiger partial charge < -0.3 is 20.1 Å². The van der Waals surface area contributed by atoms with Gasteiger partial charge in [0.2, 0.25) is 0 Å². The Labute approximate surface area is 263 Å². The number of rotatable bonds is 31. The number of ether oxygens (including phenoxy) is 2. The van der Waals surface area contributed by atoms with Gasteiger partial charge in [-0.3, -0.25) is 18.6 Å². The first kappa shape index (κ1) is 42.0. The third kappa shape index (κ3) is 30.8. The molecule has 256 valence electrons. The first-order chi connectivity index (χ1) is 20.6. The third-order valence-electron chi connectivity index (χ3n) is 7.35. The Morgan fingerprint density at radius 2 is 1.05 bits per heavy atom. The molecule has 10 heteroatoms. The van der Waals surface area contributed by atoms with Crippen molar-refractivity contribution in [3.63, 3.8) is 0 Å². The fraction of sp³-hybridized carbons (Fsp3) is 0.939. The quantitative estimate of drug-likeness (QED) is 0.0436. The Hall–Kier alpha value is -0.990. The molecule has 0 bridgehead atoms. The zero-order valence-corrected chi connectivity index (χ0v) is 28.9. The van der Waals surface area contributed by atoms with Crippen molar-refractivity contribution in [1.29, 1.82) is 0 Å². The van der Waals surface area contributed by atoms with Gasteiger partial charge in [-0.15, -0.1) is 0 Å². The molecule has 0 aliphatic heterocycles. The van der Waals surface area contributed by atoms with Crippen LogP contribution in [-0.4, -0.2) is 49.3 Å². The molecule has 0 fully saturated rings. The molecular weight excluding hydrogens is 569 g/mol. The lowest BCUT2D eigenvalue weighted by Crippen LogP contribution is -2.29. The average Bonchev–Trinajstić information content (AvgIpc) is 2.95. The maximum atomic E-state index is 12.5. The second-order valence-electron chi connectivity index (χ2n) is 12.7. The van der Waals surface area contributed by atoms with E-state index in [1.165, 1.54) is 77.0 Å². The number of nitrogens with two attached hydrogens (primary N) is 1. The van der Waals surface area contributed by atoms with Gasteiger partial charge in [-0.1, -0.05) is 130 Å². The number of carbonyl (C=O) groups excluding carboxylic acids is 2. The van der Waals surface area contributed by atoms with Crippen molar-refractivity contribution in [2.24, 2.45) is 17.6 Å². The third-order valence-corrected chi connectivity index (χ3v) is 8.33. The van der Waals surface area contributed by atoms with Gasteiger partial charge in [0.25, 0.3) is 0 Å². The fourth-order valence-electron chi connectivity index (χ4n) is 4.77. The summed E-state index contributed by atoms with van der Waals surface area (Å²) in [6.07, 6.45) is 20.2. The molecule has 2 atom stereocenters. The number of unbranched alkanes of at least 4 members (excludes halogenated alkanes) is 14. The van der Waals surface area contributed by atoms with Crippen LogP contribution in [0.2, 0.25) is 0 Å². The van der Waals surface area contributed by atoms with Gasteiger partial charge in [0.15, 0.2) is 6.10 Å². The number of hydrogen-bond acceptors (Lipinski definition) is 8. The van der Waals surface area contributed by atoms with E-state index in [0.29, 0.717) is 6.42 Å². The highest BCUT2D eigenvalue weighted by Crippen LogP contribution is 2.43. The highest BCUT2D eigenvalue weighted by atomic mass is 31.2. The average molecular weight is 636 g/mol. The second-order valence-corrected chi connectivity index (χ2v) is 14.2. The van der Waals surface area contributed by atoms with E-state index < -0.39 is 26.5 Å². The fourth-order valence-corrected chi connectivity index (χ4v) is 5.53. The largest absolute Gasteiger partial charge is 0.472 e. The van der Waals surface area contributed by atoms with E-state index in [9.17, 15) is 19.0 Å². The molecule has 9 nitrogen and oxygen atoms in total. The van der Waals surface area contributed by atoms with E-state index in [1.54, 1.807) is 0 Å². The van der Waals surface area contributed by atoms with Crippen molar-refractivity contribution in [3.8, 4) is 0 Å². The zero-order valence-electron chi connectivity index (χ0n) is 28.0.